The third-order valence-corrected chi connectivity index (χ3v) is 7.84. The summed E-state index contributed by atoms with van der Waals surface area (Å²) in [5.74, 6) is -0.787. The highest BCUT2D eigenvalue weighted by Gasteiger charge is 2.36. The van der Waals surface area contributed by atoms with Gasteiger partial charge in [-0.2, -0.15) is 0 Å². The van der Waals surface area contributed by atoms with E-state index in [4.69, 9.17) is 9.73 Å². The molecule has 40 heavy (non-hydrogen) atoms. The Balaban J connectivity index is 2.01. The van der Waals surface area contributed by atoms with E-state index >= 15 is 0 Å². The number of halogens is 2. The lowest BCUT2D eigenvalue weighted by molar-refractivity contribution is -0.00420. The minimum atomic E-state index is -0.619. The first-order chi connectivity index (χ1) is 18.7. The molecule has 0 bridgehead atoms. The Morgan fingerprint density at radius 3 is 2.17 bits per heavy atom. The van der Waals surface area contributed by atoms with Crippen molar-refractivity contribution in [3.05, 3.63) is 64.9 Å². The van der Waals surface area contributed by atoms with Crippen molar-refractivity contribution in [1.82, 2.24) is 9.80 Å². The molecule has 2 atom stereocenters. The van der Waals surface area contributed by atoms with E-state index in [1.807, 2.05) is 32.6 Å². The van der Waals surface area contributed by atoms with Crippen molar-refractivity contribution >= 4 is 17.4 Å². The molecule has 220 valence electrons. The zero-order valence-electron chi connectivity index (χ0n) is 25.6. The minimum Gasteiger partial charge on any atom is -0.444 e. The number of piperazine rings is 1. The largest absolute Gasteiger partial charge is 0.444 e. The third-order valence-electron chi connectivity index (χ3n) is 7.84. The van der Waals surface area contributed by atoms with Crippen molar-refractivity contribution in [2.24, 2.45) is 10.9 Å². The number of ether oxygens (including phenoxy) is 1. The van der Waals surface area contributed by atoms with E-state index in [-0.39, 0.29) is 18.2 Å². The van der Waals surface area contributed by atoms with Crippen LogP contribution in [0.4, 0.5) is 13.6 Å². The molecule has 5 nitrogen and oxygen atoms in total. The van der Waals surface area contributed by atoms with Crippen LogP contribution in [0.5, 0.6) is 0 Å². The maximum Gasteiger partial charge on any atom is 0.410 e. The molecular formula is C33H47F2N3O2. The Labute approximate surface area is 239 Å². The Hall–Kier alpha value is -2.96. The van der Waals surface area contributed by atoms with Crippen LogP contribution in [0, 0.1) is 17.6 Å². The summed E-state index contributed by atoms with van der Waals surface area (Å²) >= 11 is 0. The molecule has 1 aromatic carbocycles. The zero-order valence-corrected chi connectivity index (χ0v) is 25.6. The van der Waals surface area contributed by atoms with Crippen molar-refractivity contribution in [2.45, 2.75) is 98.8 Å². The molecule has 1 saturated carbocycles. The van der Waals surface area contributed by atoms with E-state index in [1.54, 1.807) is 0 Å². The molecule has 0 N–H and O–H groups in total. The van der Waals surface area contributed by atoms with Gasteiger partial charge in [0.05, 0.1) is 0 Å². The van der Waals surface area contributed by atoms with Crippen LogP contribution in [-0.2, 0) is 4.74 Å². The lowest BCUT2D eigenvalue weighted by Crippen LogP contribution is -2.58. The monoisotopic (exact) mass is 555 g/mol. The fourth-order valence-corrected chi connectivity index (χ4v) is 5.68. The number of amides is 1. The highest BCUT2D eigenvalue weighted by molar-refractivity contribution is 6.09. The van der Waals surface area contributed by atoms with Gasteiger partial charge in [0.2, 0.25) is 0 Å². The maximum absolute atomic E-state index is 14.0. The van der Waals surface area contributed by atoms with Crippen LogP contribution in [0.1, 0.15) is 86.6 Å². The predicted octanol–water partition coefficient (Wildman–Crippen LogP) is 8.18. The number of aliphatic imine (C=N–C) groups is 1. The van der Waals surface area contributed by atoms with Gasteiger partial charge in [0, 0.05) is 61.2 Å². The lowest BCUT2D eigenvalue weighted by Gasteiger charge is -2.46. The molecule has 3 rings (SSSR count). The van der Waals surface area contributed by atoms with Gasteiger partial charge in [0.1, 0.15) is 17.2 Å². The molecule has 0 radical (unpaired) electrons. The molecule has 0 aromatic heterocycles. The Morgan fingerprint density at radius 1 is 1.10 bits per heavy atom. The van der Waals surface area contributed by atoms with Crippen molar-refractivity contribution in [3.8, 4) is 0 Å². The van der Waals surface area contributed by atoms with Crippen LogP contribution in [0.25, 0.3) is 5.57 Å². The van der Waals surface area contributed by atoms with Gasteiger partial charge in [0.25, 0.3) is 0 Å². The van der Waals surface area contributed by atoms with Gasteiger partial charge in [-0.25, -0.2) is 13.6 Å². The summed E-state index contributed by atoms with van der Waals surface area (Å²) in [6, 6.07) is 3.54. The fraction of sp³-hybridized carbons (Fsp3) is 0.576. The number of benzene rings is 1. The Morgan fingerprint density at radius 2 is 1.68 bits per heavy atom. The normalized spacial score (nSPS) is 21.6. The summed E-state index contributed by atoms with van der Waals surface area (Å²) in [4.78, 5) is 22.1. The molecule has 1 heterocycles. The van der Waals surface area contributed by atoms with E-state index in [0.717, 1.165) is 35.9 Å². The summed E-state index contributed by atoms with van der Waals surface area (Å²) in [6.45, 7) is 22.0. The molecule has 1 aliphatic heterocycles. The lowest BCUT2D eigenvalue weighted by atomic mass is 9.74. The zero-order chi connectivity index (χ0) is 29.8. The molecular weight excluding hydrogens is 508 g/mol. The summed E-state index contributed by atoms with van der Waals surface area (Å²) in [5, 5.41) is 0. The second kappa shape index (κ2) is 13.1. The summed E-state index contributed by atoms with van der Waals surface area (Å²) in [5.41, 5.74) is 4.86. The van der Waals surface area contributed by atoms with Gasteiger partial charge in [-0.3, -0.25) is 4.99 Å². The molecule has 1 aromatic rings. The van der Waals surface area contributed by atoms with Crippen molar-refractivity contribution in [1.29, 1.82) is 0 Å². The summed E-state index contributed by atoms with van der Waals surface area (Å²) in [7, 11) is 0. The second-order valence-corrected chi connectivity index (χ2v) is 12.2. The topological polar surface area (TPSA) is 45.1 Å². The highest BCUT2D eigenvalue weighted by atomic mass is 19.1. The van der Waals surface area contributed by atoms with Gasteiger partial charge in [-0.05, 0) is 103 Å². The summed E-state index contributed by atoms with van der Waals surface area (Å²) < 4.78 is 33.7. The van der Waals surface area contributed by atoms with E-state index in [2.05, 4.69) is 45.2 Å². The molecule has 2 fully saturated rings. The van der Waals surface area contributed by atoms with Gasteiger partial charge in [0.15, 0.2) is 0 Å². The van der Waals surface area contributed by atoms with Crippen molar-refractivity contribution < 1.29 is 18.3 Å². The van der Waals surface area contributed by atoms with Gasteiger partial charge in [-0.15, -0.1) is 0 Å². The van der Waals surface area contributed by atoms with E-state index in [1.165, 1.54) is 24.1 Å². The number of hydrogen-bond donors (Lipinski definition) is 0. The Kier molecular flexibility index (Phi) is 10.4. The van der Waals surface area contributed by atoms with Crippen LogP contribution >= 0.6 is 0 Å². The van der Waals surface area contributed by atoms with Crippen LogP contribution in [-0.4, -0.2) is 58.9 Å². The highest BCUT2D eigenvalue weighted by Crippen LogP contribution is 2.40. The van der Waals surface area contributed by atoms with Gasteiger partial charge >= 0.3 is 6.09 Å². The van der Waals surface area contributed by atoms with Crippen LogP contribution in [0.2, 0.25) is 0 Å². The Bertz CT molecular complexity index is 1170. The van der Waals surface area contributed by atoms with Crippen LogP contribution < -0.4 is 0 Å². The van der Waals surface area contributed by atoms with Crippen LogP contribution in [0.15, 0.2) is 52.7 Å². The van der Waals surface area contributed by atoms with E-state index < -0.39 is 17.2 Å². The number of hydrogen-bond acceptors (Lipinski definition) is 4. The van der Waals surface area contributed by atoms with E-state index in [9.17, 15) is 13.6 Å². The number of carbonyl (C=O) groups excluding carboxylic acids is 1. The molecule has 1 amide bonds. The first-order valence-electron chi connectivity index (χ1n) is 14.6. The average molecular weight is 556 g/mol. The number of carbonyl (C=O) groups is 1. The van der Waals surface area contributed by atoms with Crippen molar-refractivity contribution in [3.63, 3.8) is 0 Å². The van der Waals surface area contributed by atoms with Gasteiger partial charge in [-0.1, -0.05) is 19.1 Å². The first-order valence-corrected chi connectivity index (χ1v) is 14.6. The quantitative estimate of drug-likeness (QED) is 0.240. The smallest absolute Gasteiger partial charge is 0.410 e. The number of allylic oxidation sites excluding steroid dienone is 5. The molecule has 0 spiro atoms. The van der Waals surface area contributed by atoms with E-state index in [0.29, 0.717) is 43.1 Å². The average Bonchev–Trinajstić information content (AvgIpc) is 2.81. The number of nitrogens with zero attached hydrogens (tertiary/aromatic N) is 3. The first kappa shape index (κ1) is 31.6. The SMILES string of the molecule is C=C(CC(=NCC)C(/C(=C\C)C1CCC1)=C(\C)N1C[C@@H](C)N(C(=O)OC(C)(C)C)C[C@@H]1C)c1cc(F)cc(F)c1. The molecule has 1 aliphatic carbocycles. The molecule has 7 heteroatoms. The number of rotatable bonds is 8. The molecule has 2 aliphatic rings. The standard InChI is InChI=1S/C33H47F2N3O2/c1-10-29(25-13-12-14-25)31(30(36-11-2)15-21(3)26-16-27(34)18-28(35)17-26)24(6)37-19-23(5)38(20-22(37)4)32(39)40-33(7,8)9/h10,16-18,22-23,25H,3,11-15,19-20H2,1-2,4-9H3/b29-10-,31-24+,36-30?/t22-,23+/m0/s1. The molecule has 0 unspecified atom stereocenters. The van der Waals surface area contributed by atoms with Crippen molar-refractivity contribution in [2.75, 3.05) is 19.6 Å². The minimum absolute atomic E-state index is 0.0446. The predicted molar refractivity (Wildman–Crippen MR) is 160 cm³/mol. The second-order valence-electron chi connectivity index (χ2n) is 12.2. The maximum atomic E-state index is 14.0. The fourth-order valence-electron chi connectivity index (χ4n) is 5.68. The van der Waals surface area contributed by atoms with Crippen LogP contribution in [0.3, 0.4) is 0 Å². The summed E-state index contributed by atoms with van der Waals surface area (Å²) in [6.07, 6.45) is 5.75. The van der Waals surface area contributed by atoms with Gasteiger partial charge < -0.3 is 14.5 Å². The third kappa shape index (κ3) is 7.61. The molecule has 1 saturated heterocycles.